The third-order valence-electron chi connectivity index (χ3n) is 5.25. The van der Waals surface area contributed by atoms with E-state index in [9.17, 15) is 13.6 Å². The Morgan fingerprint density at radius 3 is 2.04 bits per heavy atom. The zero-order chi connectivity index (χ0) is 18.8. The first kappa shape index (κ1) is 23.3. The van der Waals surface area contributed by atoms with Gasteiger partial charge in [0, 0.05) is 13.3 Å². The molecule has 0 aliphatic rings. The van der Waals surface area contributed by atoms with Gasteiger partial charge in [0.25, 0.3) is 5.92 Å². The van der Waals surface area contributed by atoms with Crippen LogP contribution in [-0.4, -0.2) is 17.9 Å². The van der Waals surface area contributed by atoms with Gasteiger partial charge in [-0.1, -0.05) is 66.7 Å². The highest BCUT2D eigenvalue weighted by Crippen LogP contribution is 2.36. The summed E-state index contributed by atoms with van der Waals surface area (Å²) in [4.78, 5) is 11.3. The van der Waals surface area contributed by atoms with Gasteiger partial charge in [0.2, 0.25) is 5.91 Å². The molecule has 0 aromatic rings. The van der Waals surface area contributed by atoms with E-state index in [1.807, 2.05) is 13.8 Å². The Hall–Kier alpha value is -0.670. The van der Waals surface area contributed by atoms with Gasteiger partial charge in [-0.3, -0.25) is 4.79 Å². The number of halogens is 2. The van der Waals surface area contributed by atoms with Crippen LogP contribution in [0.5, 0.6) is 0 Å². The van der Waals surface area contributed by atoms with Crippen molar-refractivity contribution in [1.29, 1.82) is 0 Å². The van der Waals surface area contributed by atoms with E-state index >= 15 is 0 Å². The third-order valence-corrected chi connectivity index (χ3v) is 5.25. The third kappa shape index (κ3) is 8.98. The molecule has 0 aliphatic heterocycles. The molecule has 0 aromatic heterocycles. The van der Waals surface area contributed by atoms with Crippen molar-refractivity contribution in [2.45, 2.75) is 105 Å². The molecule has 0 rings (SSSR count). The molecule has 4 unspecified atom stereocenters. The minimum Gasteiger partial charge on any atom is -0.348 e. The summed E-state index contributed by atoms with van der Waals surface area (Å²) in [5, 5.41) is 2.47. The molecule has 1 N–H and O–H groups in total. The van der Waals surface area contributed by atoms with Gasteiger partial charge in [-0.15, -0.1) is 0 Å². The Bertz CT molecular complexity index is 347. The Kier molecular flexibility index (Phi) is 11.5. The lowest BCUT2D eigenvalue weighted by molar-refractivity contribution is -0.125. The molecule has 4 heteroatoms. The summed E-state index contributed by atoms with van der Waals surface area (Å²) in [5.41, 5.74) is 0. The minimum absolute atomic E-state index is 0.0304. The topological polar surface area (TPSA) is 29.1 Å². The van der Waals surface area contributed by atoms with E-state index in [1.54, 1.807) is 0 Å². The van der Waals surface area contributed by atoms with Crippen LogP contribution in [0.25, 0.3) is 0 Å². The fourth-order valence-corrected chi connectivity index (χ4v) is 3.45. The van der Waals surface area contributed by atoms with Crippen molar-refractivity contribution >= 4 is 5.91 Å². The summed E-state index contributed by atoms with van der Waals surface area (Å²) < 4.78 is 29.5. The lowest BCUT2D eigenvalue weighted by Gasteiger charge is -2.33. The van der Waals surface area contributed by atoms with E-state index in [1.165, 1.54) is 6.92 Å². The second-order valence-corrected chi connectivity index (χ2v) is 7.62. The maximum absolute atomic E-state index is 14.7. The van der Waals surface area contributed by atoms with Crippen molar-refractivity contribution in [3.05, 3.63) is 0 Å². The molecule has 144 valence electrons. The highest BCUT2D eigenvalue weighted by molar-refractivity contribution is 5.73. The largest absolute Gasteiger partial charge is 0.348 e. The Labute approximate surface area is 148 Å². The van der Waals surface area contributed by atoms with Gasteiger partial charge >= 0.3 is 0 Å². The first-order valence-corrected chi connectivity index (χ1v) is 9.82. The maximum atomic E-state index is 14.7. The molecule has 0 aliphatic carbocycles. The quantitative estimate of drug-likeness (QED) is 0.422. The molecular formula is C20H39F2NO. The Morgan fingerprint density at radius 2 is 1.58 bits per heavy atom. The van der Waals surface area contributed by atoms with Gasteiger partial charge in [0.1, 0.15) is 0 Å². The van der Waals surface area contributed by atoms with E-state index in [2.05, 4.69) is 26.1 Å². The number of carbonyl (C=O) groups is 1. The van der Waals surface area contributed by atoms with E-state index in [0.29, 0.717) is 24.7 Å². The van der Waals surface area contributed by atoms with Crippen molar-refractivity contribution in [3.63, 3.8) is 0 Å². The van der Waals surface area contributed by atoms with E-state index in [0.717, 1.165) is 32.1 Å². The van der Waals surface area contributed by atoms with Gasteiger partial charge < -0.3 is 5.32 Å². The molecular weight excluding hydrogens is 308 g/mol. The molecule has 0 radical (unpaired) electrons. The normalized spacial score (nSPS) is 17.2. The maximum Gasteiger partial charge on any atom is 0.268 e. The first-order valence-electron chi connectivity index (χ1n) is 9.82. The van der Waals surface area contributed by atoms with Crippen LogP contribution in [-0.2, 0) is 4.79 Å². The van der Waals surface area contributed by atoms with Gasteiger partial charge in [0.15, 0.2) is 0 Å². The molecule has 0 saturated heterocycles. The van der Waals surface area contributed by atoms with Crippen LogP contribution in [0.1, 0.15) is 92.9 Å². The summed E-state index contributed by atoms with van der Waals surface area (Å²) in [5.74, 6) is -2.25. The van der Waals surface area contributed by atoms with Gasteiger partial charge in [-0.05, 0) is 30.6 Å². The number of hydrogen-bond acceptors (Lipinski definition) is 1. The van der Waals surface area contributed by atoms with Crippen LogP contribution in [0, 0.1) is 17.8 Å². The zero-order valence-electron chi connectivity index (χ0n) is 16.6. The fourth-order valence-electron chi connectivity index (χ4n) is 3.45. The predicted molar refractivity (Wildman–Crippen MR) is 98.3 cm³/mol. The highest BCUT2D eigenvalue weighted by atomic mass is 19.3. The summed E-state index contributed by atoms with van der Waals surface area (Å²) in [6, 6.07) is -1.04. The molecule has 0 saturated carbocycles. The second kappa shape index (κ2) is 11.8. The molecule has 0 spiro atoms. The molecule has 0 aromatic carbocycles. The number of rotatable bonds is 13. The smallest absolute Gasteiger partial charge is 0.268 e. The van der Waals surface area contributed by atoms with Gasteiger partial charge in [-0.2, -0.15) is 0 Å². The van der Waals surface area contributed by atoms with Crippen molar-refractivity contribution in [3.8, 4) is 0 Å². The predicted octanol–water partition coefficient (Wildman–Crippen LogP) is 6.20. The first-order chi connectivity index (χ1) is 11.2. The highest BCUT2D eigenvalue weighted by Gasteiger charge is 2.41. The van der Waals surface area contributed by atoms with Crippen LogP contribution in [0.3, 0.4) is 0 Å². The number of nitrogens with one attached hydrogen (secondary N) is 1. The monoisotopic (exact) mass is 347 g/mol. The molecule has 0 fully saturated rings. The molecule has 2 nitrogen and oxygen atoms in total. The molecule has 24 heavy (non-hydrogen) atoms. The molecule has 1 amide bonds. The number of alkyl halides is 2. The summed E-state index contributed by atoms with van der Waals surface area (Å²) in [7, 11) is 0. The Morgan fingerprint density at radius 1 is 1.00 bits per heavy atom. The summed E-state index contributed by atoms with van der Waals surface area (Å²) in [6.07, 6.45) is 6.15. The standard InChI is InChI=1S/C20H39F2NO/c1-7-10-18(13-12-15(4)9-3)16(5)14-20(21,22)19(11-8-2)23-17(6)24/h15-16,18-19H,7-14H2,1-6H3,(H,23,24). The Balaban J connectivity index is 4.87. The number of hydrogen-bond donors (Lipinski definition) is 1. The lowest BCUT2D eigenvalue weighted by atomic mass is 9.79. The molecule has 4 atom stereocenters. The van der Waals surface area contributed by atoms with Crippen LogP contribution in [0.4, 0.5) is 8.78 Å². The van der Waals surface area contributed by atoms with Gasteiger partial charge in [0.05, 0.1) is 6.04 Å². The van der Waals surface area contributed by atoms with Crippen LogP contribution >= 0.6 is 0 Å². The zero-order valence-corrected chi connectivity index (χ0v) is 16.6. The van der Waals surface area contributed by atoms with Crippen molar-refractivity contribution in [2.24, 2.45) is 17.8 Å². The lowest BCUT2D eigenvalue weighted by Crippen LogP contribution is -2.48. The van der Waals surface area contributed by atoms with Crippen molar-refractivity contribution < 1.29 is 13.6 Å². The SMILES string of the molecule is CCCC(CCC(C)CC)C(C)CC(F)(F)C(CCC)NC(C)=O. The minimum atomic E-state index is -2.84. The van der Waals surface area contributed by atoms with Crippen molar-refractivity contribution in [2.75, 3.05) is 0 Å². The van der Waals surface area contributed by atoms with Gasteiger partial charge in [-0.25, -0.2) is 8.78 Å². The van der Waals surface area contributed by atoms with E-state index in [-0.39, 0.29) is 18.2 Å². The molecule has 0 bridgehead atoms. The average Bonchev–Trinajstić information content (AvgIpc) is 2.49. The van der Waals surface area contributed by atoms with E-state index in [4.69, 9.17) is 0 Å². The second-order valence-electron chi connectivity index (χ2n) is 7.62. The van der Waals surface area contributed by atoms with Crippen LogP contribution < -0.4 is 5.32 Å². The van der Waals surface area contributed by atoms with Crippen LogP contribution in [0.15, 0.2) is 0 Å². The van der Waals surface area contributed by atoms with E-state index < -0.39 is 12.0 Å². The number of amides is 1. The van der Waals surface area contributed by atoms with Crippen LogP contribution in [0.2, 0.25) is 0 Å². The molecule has 0 heterocycles. The summed E-state index contributed by atoms with van der Waals surface area (Å²) >= 11 is 0. The average molecular weight is 348 g/mol. The number of carbonyl (C=O) groups excluding carboxylic acids is 1. The summed E-state index contributed by atoms with van der Waals surface area (Å²) in [6.45, 7) is 11.7. The fraction of sp³-hybridized carbons (Fsp3) is 0.950. The van der Waals surface area contributed by atoms with Crippen molar-refractivity contribution in [1.82, 2.24) is 5.32 Å².